The number of methoxy groups -OCH3 is 2. The first-order chi connectivity index (χ1) is 17.9. The Morgan fingerprint density at radius 3 is 2.14 bits per heavy atom. The van der Waals surface area contributed by atoms with Gasteiger partial charge in [0.1, 0.15) is 17.8 Å². The molecule has 12 heteroatoms. The van der Waals surface area contributed by atoms with Gasteiger partial charge in [0.15, 0.2) is 0 Å². The Balaban J connectivity index is 1.55. The SMILES string of the molecule is COC(=O)[C@H](Cc1ccc(O)cc1)Nc1nc(Cl)nc(N[C@@H](Cc2c[nH]c3ccccc23)C(=O)OC)n1. The molecular formula is C25H25ClN6O5. The summed E-state index contributed by atoms with van der Waals surface area (Å²) in [6.07, 6.45) is 2.35. The number of hydrogen-bond donors (Lipinski definition) is 4. The number of ether oxygens (including phenoxy) is 2. The highest BCUT2D eigenvalue weighted by Crippen LogP contribution is 2.21. The number of para-hydroxylation sites is 1. The van der Waals surface area contributed by atoms with Crippen molar-refractivity contribution in [2.75, 3.05) is 24.9 Å². The van der Waals surface area contributed by atoms with E-state index in [1.807, 2.05) is 30.5 Å². The van der Waals surface area contributed by atoms with Gasteiger partial charge in [0, 0.05) is 29.9 Å². The number of fused-ring (bicyclic) bond motifs is 1. The number of phenolic OH excluding ortho intramolecular Hbond substituents is 1. The minimum Gasteiger partial charge on any atom is -0.508 e. The zero-order valence-corrected chi connectivity index (χ0v) is 20.8. The molecule has 192 valence electrons. The van der Waals surface area contributed by atoms with Gasteiger partial charge in [0.25, 0.3) is 0 Å². The van der Waals surface area contributed by atoms with E-state index in [4.69, 9.17) is 21.1 Å². The fourth-order valence-electron chi connectivity index (χ4n) is 3.85. The first-order valence-electron chi connectivity index (χ1n) is 11.3. The van der Waals surface area contributed by atoms with Gasteiger partial charge in [-0.2, -0.15) is 15.0 Å². The molecule has 2 heterocycles. The average Bonchev–Trinajstić information content (AvgIpc) is 3.30. The highest BCUT2D eigenvalue weighted by Gasteiger charge is 2.25. The van der Waals surface area contributed by atoms with E-state index in [-0.39, 0.29) is 35.8 Å². The molecule has 2 atom stereocenters. The van der Waals surface area contributed by atoms with E-state index >= 15 is 0 Å². The number of aromatic nitrogens is 4. The first-order valence-corrected chi connectivity index (χ1v) is 11.7. The third-order valence-electron chi connectivity index (χ3n) is 5.66. The number of nitrogens with one attached hydrogen (secondary N) is 3. The van der Waals surface area contributed by atoms with Crippen molar-refractivity contribution in [2.45, 2.75) is 24.9 Å². The molecule has 0 aliphatic heterocycles. The number of rotatable bonds is 10. The molecule has 0 aliphatic carbocycles. The Morgan fingerprint density at radius 1 is 0.919 bits per heavy atom. The molecule has 0 aliphatic rings. The molecule has 4 rings (SSSR count). The van der Waals surface area contributed by atoms with Crippen LogP contribution in [0, 0.1) is 0 Å². The standard InChI is InChI=1S/C25H25ClN6O5/c1-36-21(34)19(11-14-7-9-16(33)10-8-14)28-24-30-23(26)31-25(32-24)29-20(22(35)37-2)12-15-13-27-18-6-4-3-5-17(15)18/h3-10,13,19-20,27,33H,11-12H2,1-2H3,(H2,28,29,30,31,32)/t19-,20-/m0/s1. The van der Waals surface area contributed by atoms with E-state index in [2.05, 4.69) is 30.6 Å². The topological polar surface area (TPSA) is 151 Å². The van der Waals surface area contributed by atoms with Crippen LogP contribution in [0.2, 0.25) is 5.28 Å². The minimum absolute atomic E-state index is 0.00684. The van der Waals surface area contributed by atoms with Crippen LogP contribution in [0.25, 0.3) is 10.9 Å². The van der Waals surface area contributed by atoms with Crippen LogP contribution < -0.4 is 10.6 Å². The molecule has 0 bridgehead atoms. The third kappa shape index (κ3) is 6.44. The van der Waals surface area contributed by atoms with Gasteiger partial charge in [-0.3, -0.25) is 0 Å². The summed E-state index contributed by atoms with van der Waals surface area (Å²) in [5.74, 6) is -0.931. The largest absolute Gasteiger partial charge is 0.508 e. The third-order valence-corrected chi connectivity index (χ3v) is 5.83. The molecule has 0 spiro atoms. The highest BCUT2D eigenvalue weighted by molar-refractivity contribution is 6.28. The molecule has 0 unspecified atom stereocenters. The molecule has 0 radical (unpaired) electrons. The summed E-state index contributed by atoms with van der Waals surface area (Å²) in [6, 6.07) is 12.5. The molecule has 0 saturated carbocycles. The molecule has 0 fully saturated rings. The molecule has 4 aromatic rings. The summed E-state index contributed by atoms with van der Waals surface area (Å²) in [4.78, 5) is 40.6. The van der Waals surface area contributed by atoms with Crippen LogP contribution in [0.15, 0.2) is 54.7 Å². The van der Waals surface area contributed by atoms with Crippen molar-refractivity contribution in [3.63, 3.8) is 0 Å². The molecule has 2 aromatic carbocycles. The highest BCUT2D eigenvalue weighted by atomic mass is 35.5. The lowest BCUT2D eigenvalue weighted by molar-refractivity contribution is -0.142. The normalized spacial score (nSPS) is 12.5. The van der Waals surface area contributed by atoms with E-state index in [1.54, 1.807) is 12.1 Å². The summed E-state index contributed by atoms with van der Waals surface area (Å²) < 4.78 is 9.89. The lowest BCUT2D eigenvalue weighted by Gasteiger charge is -2.19. The summed E-state index contributed by atoms with van der Waals surface area (Å²) in [6.45, 7) is 0. The summed E-state index contributed by atoms with van der Waals surface area (Å²) in [5.41, 5.74) is 2.61. The fourth-order valence-corrected chi connectivity index (χ4v) is 4.01. The molecule has 0 saturated heterocycles. The van der Waals surface area contributed by atoms with Gasteiger partial charge < -0.3 is 30.2 Å². The van der Waals surface area contributed by atoms with E-state index < -0.39 is 24.0 Å². The van der Waals surface area contributed by atoms with Crippen molar-refractivity contribution in [2.24, 2.45) is 0 Å². The maximum Gasteiger partial charge on any atom is 0.328 e. The van der Waals surface area contributed by atoms with Gasteiger partial charge in [-0.05, 0) is 40.9 Å². The molecule has 11 nitrogen and oxygen atoms in total. The van der Waals surface area contributed by atoms with Crippen molar-refractivity contribution in [1.29, 1.82) is 0 Å². The van der Waals surface area contributed by atoms with Crippen LogP contribution in [-0.4, -0.2) is 63.3 Å². The fraction of sp³-hybridized carbons (Fsp3) is 0.240. The van der Waals surface area contributed by atoms with Gasteiger partial charge in [-0.15, -0.1) is 0 Å². The van der Waals surface area contributed by atoms with Crippen molar-refractivity contribution in [3.05, 3.63) is 71.1 Å². The lowest BCUT2D eigenvalue weighted by atomic mass is 10.1. The summed E-state index contributed by atoms with van der Waals surface area (Å²) >= 11 is 6.13. The Bertz CT molecular complexity index is 1390. The summed E-state index contributed by atoms with van der Waals surface area (Å²) in [7, 11) is 2.57. The Hall–Kier alpha value is -4.38. The second-order valence-corrected chi connectivity index (χ2v) is 8.46. The number of anilines is 2. The maximum atomic E-state index is 12.6. The number of nitrogens with zero attached hydrogens (tertiary/aromatic N) is 3. The second-order valence-electron chi connectivity index (χ2n) is 8.13. The lowest BCUT2D eigenvalue weighted by Crippen LogP contribution is -2.35. The van der Waals surface area contributed by atoms with E-state index in [0.29, 0.717) is 0 Å². The van der Waals surface area contributed by atoms with Gasteiger partial charge >= 0.3 is 11.9 Å². The number of carbonyl (C=O) groups is 2. The molecule has 0 amide bonds. The molecule has 4 N–H and O–H groups in total. The van der Waals surface area contributed by atoms with Crippen LogP contribution in [0.3, 0.4) is 0 Å². The predicted octanol–water partition coefficient (Wildman–Crippen LogP) is 3.10. The van der Waals surface area contributed by atoms with E-state index in [1.165, 1.54) is 26.4 Å². The number of carbonyl (C=O) groups excluding carboxylic acids is 2. The zero-order valence-electron chi connectivity index (χ0n) is 20.1. The average molecular weight is 525 g/mol. The van der Waals surface area contributed by atoms with Gasteiger partial charge in [-0.25, -0.2) is 9.59 Å². The Labute approximate surface area is 217 Å². The van der Waals surface area contributed by atoms with Crippen LogP contribution in [0.1, 0.15) is 11.1 Å². The Morgan fingerprint density at radius 2 is 1.51 bits per heavy atom. The first kappa shape index (κ1) is 25.7. The van der Waals surface area contributed by atoms with Crippen LogP contribution >= 0.6 is 11.6 Å². The molecular weight excluding hydrogens is 500 g/mol. The number of hydrogen-bond acceptors (Lipinski definition) is 10. The van der Waals surface area contributed by atoms with Crippen molar-refractivity contribution < 1.29 is 24.2 Å². The smallest absolute Gasteiger partial charge is 0.328 e. The van der Waals surface area contributed by atoms with Crippen molar-refractivity contribution >= 4 is 46.3 Å². The number of phenols is 1. The number of H-pyrrole nitrogens is 1. The molecule has 37 heavy (non-hydrogen) atoms. The van der Waals surface area contributed by atoms with Crippen molar-refractivity contribution in [3.8, 4) is 5.75 Å². The van der Waals surface area contributed by atoms with Crippen molar-refractivity contribution in [1.82, 2.24) is 19.9 Å². The van der Waals surface area contributed by atoms with Crippen LogP contribution in [0.5, 0.6) is 5.75 Å². The number of benzene rings is 2. The predicted molar refractivity (Wildman–Crippen MR) is 138 cm³/mol. The number of halogens is 1. The number of esters is 2. The quantitative estimate of drug-likeness (QED) is 0.228. The number of aromatic hydroxyl groups is 1. The molecule has 2 aromatic heterocycles. The van der Waals surface area contributed by atoms with Gasteiger partial charge in [-0.1, -0.05) is 30.3 Å². The van der Waals surface area contributed by atoms with Crippen LogP contribution in [0.4, 0.5) is 11.9 Å². The number of aromatic amines is 1. The maximum absolute atomic E-state index is 12.6. The summed E-state index contributed by atoms with van der Waals surface area (Å²) in [5, 5.41) is 16.2. The van der Waals surface area contributed by atoms with Gasteiger partial charge in [0.05, 0.1) is 14.2 Å². The van der Waals surface area contributed by atoms with E-state index in [0.717, 1.165) is 22.0 Å². The second kappa shape index (κ2) is 11.6. The van der Waals surface area contributed by atoms with E-state index in [9.17, 15) is 14.7 Å². The van der Waals surface area contributed by atoms with Gasteiger partial charge in [0.2, 0.25) is 17.2 Å². The minimum atomic E-state index is -0.858. The monoisotopic (exact) mass is 524 g/mol. The Kier molecular flexibility index (Phi) is 8.04. The van der Waals surface area contributed by atoms with Crippen LogP contribution in [-0.2, 0) is 31.9 Å². The zero-order chi connectivity index (χ0) is 26.4.